The molecule has 0 unspecified atom stereocenters. The predicted octanol–water partition coefficient (Wildman–Crippen LogP) is 2.09. The molecule has 0 aliphatic carbocycles. The van der Waals surface area contributed by atoms with Gasteiger partial charge < -0.3 is 14.8 Å². The molecule has 0 saturated heterocycles. The molecule has 0 atom stereocenters. The number of hydrogen-bond donors (Lipinski definition) is 1. The van der Waals surface area contributed by atoms with Crippen molar-refractivity contribution in [2.45, 2.75) is 0 Å². The van der Waals surface area contributed by atoms with E-state index in [0.717, 1.165) is 0 Å². The Morgan fingerprint density at radius 2 is 2.19 bits per heavy atom. The zero-order valence-corrected chi connectivity index (χ0v) is 10.0. The van der Waals surface area contributed by atoms with Crippen LogP contribution in [-0.2, 0) is 0 Å². The first-order valence-corrected chi connectivity index (χ1v) is 5.50. The first kappa shape index (κ1) is 11.0. The van der Waals surface area contributed by atoms with E-state index in [1.165, 1.54) is 0 Å². The van der Waals surface area contributed by atoms with Crippen LogP contribution in [0.2, 0.25) is 0 Å². The van der Waals surface area contributed by atoms with Gasteiger partial charge in [-0.25, -0.2) is 0 Å². The molecule has 2 rings (SSSR count). The van der Waals surface area contributed by atoms with Crippen molar-refractivity contribution in [2.24, 2.45) is 0 Å². The third-order valence-corrected chi connectivity index (χ3v) is 2.77. The Hall–Kier alpha value is -1.49. The molecule has 84 valence electrons. The molecule has 16 heavy (non-hydrogen) atoms. The molecule has 1 aliphatic heterocycles. The predicted molar refractivity (Wildman–Crippen MR) is 62.8 cm³/mol. The minimum atomic E-state index is -0.176. The van der Waals surface area contributed by atoms with Gasteiger partial charge in [-0.2, -0.15) is 0 Å². The lowest BCUT2D eigenvalue weighted by Crippen LogP contribution is -2.23. The Balaban J connectivity index is 2.27. The molecule has 0 fully saturated rings. The summed E-state index contributed by atoms with van der Waals surface area (Å²) in [6, 6.07) is 3.38. The van der Waals surface area contributed by atoms with Crippen LogP contribution in [0.5, 0.6) is 11.5 Å². The first-order valence-electron chi connectivity index (χ1n) is 4.70. The van der Waals surface area contributed by atoms with Crippen molar-refractivity contribution in [2.75, 3.05) is 13.3 Å². The number of fused-ring (bicyclic) bond motifs is 1. The molecule has 1 amide bonds. The SMILES string of the molecule is C=CCNC(=O)c1cc2c(cc1Br)OCO2. The minimum Gasteiger partial charge on any atom is -0.454 e. The van der Waals surface area contributed by atoms with E-state index in [1.807, 2.05) is 0 Å². The zero-order chi connectivity index (χ0) is 11.5. The summed E-state index contributed by atoms with van der Waals surface area (Å²) in [5, 5.41) is 2.70. The van der Waals surface area contributed by atoms with Crippen molar-refractivity contribution in [1.82, 2.24) is 5.32 Å². The number of ether oxygens (including phenoxy) is 2. The van der Waals surface area contributed by atoms with Crippen LogP contribution >= 0.6 is 15.9 Å². The van der Waals surface area contributed by atoms with Gasteiger partial charge in [-0.3, -0.25) is 4.79 Å². The monoisotopic (exact) mass is 283 g/mol. The van der Waals surface area contributed by atoms with Gasteiger partial charge >= 0.3 is 0 Å². The van der Waals surface area contributed by atoms with Crippen LogP contribution in [0.15, 0.2) is 29.3 Å². The molecular formula is C11H10BrNO3. The summed E-state index contributed by atoms with van der Waals surface area (Å²) in [5.74, 6) is 1.06. The van der Waals surface area contributed by atoms with Crippen molar-refractivity contribution in [1.29, 1.82) is 0 Å². The smallest absolute Gasteiger partial charge is 0.252 e. The molecule has 0 aromatic heterocycles. The maximum atomic E-state index is 11.7. The third-order valence-electron chi connectivity index (χ3n) is 2.11. The maximum absolute atomic E-state index is 11.7. The lowest BCUT2D eigenvalue weighted by Gasteiger charge is -2.06. The van der Waals surface area contributed by atoms with E-state index < -0.39 is 0 Å². The second-order valence-electron chi connectivity index (χ2n) is 3.18. The fraction of sp³-hybridized carbons (Fsp3) is 0.182. The van der Waals surface area contributed by atoms with Gasteiger partial charge in [0.15, 0.2) is 11.5 Å². The number of carbonyl (C=O) groups is 1. The van der Waals surface area contributed by atoms with Gasteiger partial charge in [0.25, 0.3) is 5.91 Å². The third kappa shape index (κ3) is 2.04. The summed E-state index contributed by atoms with van der Waals surface area (Å²) >= 11 is 3.32. The van der Waals surface area contributed by atoms with E-state index in [4.69, 9.17) is 9.47 Å². The average molecular weight is 284 g/mol. The van der Waals surface area contributed by atoms with Crippen LogP contribution in [0.1, 0.15) is 10.4 Å². The van der Waals surface area contributed by atoms with Gasteiger partial charge in [-0.05, 0) is 28.1 Å². The number of hydrogen-bond acceptors (Lipinski definition) is 3. The van der Waals surface area contributed by atoms with Crippen molar-refractivity contribution in [3.8, 4) is 11.5 Å². The summed E-state index contributed by atoms with van der Waals surface area (Å²) < 4.78 is 11.1. The largest absolute Gasteiger partial charge is 0.454 e. The number of amides is 1. The van der Waals surface area contributed by atoms with Crippen LogP contribution in [-0.4, -0.2) is 19.2 Å². The van der Waals surface area contributed by atoms with Crippen molar-refractivity contribution in [3.63, 3.8) is 0 Å². The Morgan fingerprint density at radius 1 is 1.50 bits per heavy atom. The fourth-order valence-corrected chi connectivity index (χ4v) is 1.85. The molecule has 4 nitrogen and oxygen atoms in total. The van der Waals surface area contributed by atoms with Gasteiger partial charge in [0.2, 0.25) is 6.79 Å². The highest BCUT2D eigenvalue weighted by Gasteiger charge is 2.19. The number of carbonyl (C=O) groups excluding carboxylic acids is 1. The molecule has 1 aromatic carbocycles. The number of nitrogens with one attached hydrogen (secondary N) is 1. The second kappa shape index (κ2) is 4.57. The van der Waals surface area contributed by atoms with Crippen molar-refractivity contribution >= 4 is 21.8 Å². The van der Waals surface area contributed by atoms with Crippen LogP contribution in [0.25, 0.3) is 0 Å². The van der Waals surface area contributed by atoms with Gasteiger partial charge in [-0.1, -0.05) is 6.08 Å². The topological polar surface area (TPSA) is 47.6 Å². The van der Waals surface area contributed by atoms with Crippen LogP contribution in [0.3, 0.4) is 0 Å². The maximum Gasteiger partial charge on any atom is 0.252 e. The average Bonchev–Trinajstić information content (AvgIpc) is 2.71. The molecule has 1 aliphatic rings. The molecule has 1 aromatic rings. The molecular weight excluding hydrogens is 274 g/mol. The lowest BCUT2D eigenvalue weighted by atomic mass is 10.2. The Morgan fingerprint density at radius 3 is 2.88 bits per heavy atom. The highest BCUT2D eigenvalue weighted by molar-refractivity contribution is 9.10. The standard InChI is InChI=1S/C11H10BrNO3/c1-2-3-13-11(14)7-4-9-10(5-8(7)12)16-6-15-9/h2,4-5H,1,3,6H2,(H,13,14). The first-order chi connectivity index (χ1) is 7.72. The number of benzene rings is 1. The highest BCUT2D eigenvalue weighted by Crippen LogP contribution is 2.36. The molecule has 0 radical (unpaired) electrons. The van der Waals surface area contributed by atoms with Gasteiger partial charge in [-0.15, -0.1) is 6.58 Å². The fourth-order valence-electron chi connectivity index (χ4n) is 1.35. The summed E-state index contributed by atoms with van der Waals surface area (Å²) in [4.78, 5) is 11.7. The van der Waals surface area contributed by atoms with Gasteiger partial charge in [0, 0.05) is 11.0 Å². The molecule has 5 heteroatoms. The van der Waals surface area contributed by atoms with E-state index in [1.54, 1.807) is 18.2 Å². The molecule has 0 saturated carbocycles. The molecule has 0 bridgehead atoms. The van der Waals surface area contributed by atoms with E-state index in [9.17, 15) is 4.79 Å². The van der Waals surface area contributed by atoms with Gasteiger partial charge in [0.05, 0.1) is 5.56 Å². The van der Waals surface area contributed by atoms with E-state index >= 15 is 0 Å². The van der Waals surface area contributed by atoms with Crippen LogP contribution < -0.4 is 14.8 Å². The summed E-state index contributed by atoms with van der Waals surface area (Å²) in [7, 11) is 0. The summed E-state index contributed by atoms with van der Waals surface area (Å²) in [6.45, 7) is 4.16. The Bertz CT molecular complexity index is 445. The second-order valence-corrected chi connectivity index (χ2v) is 4.04. The Labute approximate surface area is 101 Å². The summed E-state index contributed by atoms with van der Waals surface area (Å²) in [5.41, 5.74) is 0.520. The zero-order valence-electron chi connectivity index (χ0n) is 8.46. The van der Waals surface area contributed by atoms with Crippen LogP contribution in [0.4, 0.5) is 0 Å². The number of rotatable bonds is 3. The van der Waals surface area contributed by atoms with Gasteiger partial charge in [0.1, 0.15) is 0 Å². The quantitative estimate of drug-likeness (QED) is 0.865. The summed E-state index contributed by atoms with van der Waals surface area (Å²) in [6.07, 6.45) is 1.62. The molecule has 1 N–H and O–H groups in total. The van der Waals surface area contributed by atoms with Crippen molar-refractivity contribution in [3.05, 3.63) is 34.8 Å². The lowest BCUT2D eigenvalue weighted by molar-refractivity contribution is 0.0957. The minimum absolute atomic E-state index is 0.176. The van der Waals surface area contributed by atoms with E-state index in [-0.39, 0.29) is 12.7 Å². The normalized spacial score (nSPS) is 12.3. The Kier molecular flexibility index (Phi) is 3.14. The number of halogens is 1. The molecule has 1 heterocycles. The van der Waals surface area contributed by atoms with Crippen LogP contribution in [0, 0.1) is 0 Å². The highest BCUT2D eigenvalue weighted by atomic mass is 79.9. The van der Waals surface area contributed by atoms with E-state index in [0.29, 0.717) is 28.1 Å². The van der Waals surface area contributed by atoms with Crippen molar-refractivity contribution < 1.29 is 14.3 Å². The van der Waals surface area contributed by atoms with E-state index in [2.05, 4.69) is 27.8 Å². The molecule has 0 spiro atoms.